The number of esters is 1. The Hall–Kier alpha value is -2.24. The molecule has 0 bridgehead atoms. The molecule has 0 fully saturated rings. The second-order valence-electron chi connectivity index (χ2n) is 4.82. The van der Waals surface area contributed by atoms with Crippen LogP contribution in [0, 0.1) is 5.92 Å². The van der Waals surface area contributed by atoms with Gasteiger partial charge in [-0.05, 0) is 18.6 Å². The molecule has 6 nitrogen and oxygen atoms in total. The van der Waals surface area contributed by atoms with Gasteiger partial charge in [-0.2, -0.15) is 0 Å². The van der Waals surface area contributed by atoms with E-state index in [0.29, 0.717) is 19.1 Å². The molecule has 1 rings (SSSR count). The fraction of sp³-hybridized carbons (Fsp3) is 0.500. The molecule has 0 aliphatic carbocycles. The van der Waals surface area contributed by atoms with Crippen molar-refractivity contribution in [1.82, 2.24) is 10.6 Å². The summed E-state index contributed by atoms with van der Waals surface area (Å²) in [6.07, 6.45) is 0.849. The van der Waals surface area contributed by atoms with E-state index in [9.17, 15) is 4.79 Å². The summed E-state index contributed by atoms with van der Waals surface area (Å²) < 4.78 is 10.3. The third kappa shape index (κ3) is 6.97. The summed E-state index contributed by atoms with van der Waals surface area (Å²) in [6.45, 7) is 3.65. The van der Waals surface area contributed by atoms with E-state index in [2.05, 4.69) is 20.4 Å². The van der Waals surface area contributed by atoms with Crippen LogP contribution in [0.15, 0.2) is 35.3 Å². The molecule has 0 amide bonds. The maximum Gasteiger partial charge on any atom is 0.310 e. The predicted molar refractivity (Wildman–Crippen MR) is 87.1 cm³/mol. The molecule has 1 atom stereocenters. The summed E-state index contributed by atoms with van der Waals surface area (Å²) in [5.41, 5.74) is 0. The molecule has 0 aliphatic heterocycles. The van der Waals surface area contributed by atoms with E-state index in [0.717, 1.165) is 18.7 Å². The molecule has 2 N–H and O–H groups in total. The van der Waals surface area contributed by atoms with Gasteiger partial charge in [0.15, 0.2) is 5.96 Å². The summed E-state index contributed by atoms with van der Waals surface area (Å²) in [5, 5.41) is 6.27. The van der Waals surface area contributed by atoms with Crippen molar-refractivity contribution in [3.63, 3.8) is 0 Å². The van der Waals surface area contributed by atoms with Gasteiger partial charge in [0.25, 0.3) is 0 Å². The second-order valence-corrected chi connectivity index (χ2v) is 4.82. The average molecular weight is 307 g/mol. The highest BCUT2D eigenvalue weighted by atomic mass is 16.5. The van der Waals surface area contributed by atoms with Crippen LogP contribution in [0.3, 0.4) is 0 Å². The van der Waals surface area contributed by atoms with E-state index in [1.807, 2.05) is 30.3 Å². The van der Waals surface area contributed by atoms with E-state index in [4.69, 9.17) is 4.74 Å². The fourth-order valence-corrected chi connectivity index (χ4v) is 1.74. The number of hydrogen-bond donors (Lipinski definition) is 2. The lowest BCUT2D eigenvalue weighted by Crippen LogP contribution is -2.41. The van der Waals surface area contributed by atoms with Gasteiger partial charge in [0, 0.05) is 20.1 Å². The molecule has 0 spiro atoms. The third-order valence-corrected chi connectivity index (χ3v) is 3.03. The van der Waals surface area contributed by atoms with Crippen molar-refractivity contribution in [2.24, 2.45) is 10.9 Å². The molecule has 22 heavy (non-hydrogen) atoms. The minimum Gasteiger partial charge on any atom is -0.494 e. The average Bonchev–Trinajstić information content (AvgIpc) is 2.57. The maximum atomic E-state index is 11.3. The first-order valence-corrected chi connectivity index (χ1v) is 7.37. The van der Waals surface area contributed by atoms with Gasteiger partial charge in [-0.3, -0.25) is 9.79 Å². The van der Waals surface area contributed by atoms with Gasteiger partial charge in [-0.15, -0.1) is 0 Å². The van der Waals surface area contributed by atoms with Crippen LogP contribution in [0.25, 0.3) is 0 Å². The Balaban J connectivity index is 2.15. The van der Waals surface area contributed by atoms with Crippen molar-refractivity contribution in [1.29, 1.82) is 0 Å². The third-order valence-electron chi connectivity index (χ3n) is 3.03. The minimum atomic E-state index is -0.237. The first-order chi connectivity index (χ1) is 10.7. The topological polar surface area (TPSA) is 72.0 Å². The number of hydrogen-bond acceptors (Lipinski definition) is 4. The highest BCUT2D eigenvalue weighted by Crippen LogP contribution is 2.07. The smallest absolute Gasteiger partial charge is 0.310 e. The second kappa shape index (κ2) is 10.5. The molecule has 1 unspecified atom stereocenters. The number of nitrogens with zero attached hydrogens (tertiary/aromatic N) is 1. The molecule has 122 valence electrons. The zero-order valence-electron chi connectivity index (χ0n) is 13.5. The van der Waals surface area contributed by atoms with E-state index in [1.165, 1.54) is 7.11 Å². The fourth-order valence-electron chi connectivity index (χ4n) is 1.74. The summed E-state index contributed by atoms with van der Waals surface area (Å²) in [4.78, 5) is 15.4. The Labute approximate surface area is 131 Å². The summed E-state index contributed by atoms with van der Waals surface area (Å²) in [7, 11) is 3.08. The molecular formula is C16H25N3O3. The van der Waals surface area contributed by atoms with Gasteiger partial charge < -0.3 is 20.1 Å². The highest BCUT2D eigenvalue weighted by Gasteiger charge is 2.12. The largest absolute Gasteiger partial charge is 0.494 e. The van der Waals surface area contributed by atoms with Crippen LogP contribution >= 0.6 is 0 Å². The van der Waals surface area contributed by atoms with Crippen LogP contribution in [0.2, 0.25) is 0 Å². The quantitative estimate of drug-likeness (QED) is 0.329. The molecular weight excluding hydrogens is 282 g/mol. The monoisotopic (exact) mass is 307 g/mol. The number of rotatable bonds is 8. The van der Waals surface area contributed by atoms with Crippen molar-refractivity contribution >= 4 is 11.9 Å². The molecule has 1 aromatic carbocycles. The molecule has 0 saturated carbocycles. The Morgan fingerprint density at radius 2 is 2.00 bits per heavy atom. The Kier molecular flexibility index (Phi) is 8.49. The normalized spacial score (nSPS) is 12.4. The van der Waals surface area contributed by atoms with Crippen molar-refractivity contribution < 1.29 is 14.3 Å². The van der Waals surface area contributed by atoms with Gasteiger partial charge in [-0.1, -0.05) is 25.1 Å². The number of methoxy groups -OCH3 is 1. The van der Waals surface area contributed by atoms with Crippen LogP contribution in [0.4, 0.5) is 0 Å². The standard InChI is InChI=1S/C16H25N3O3/c1-13(15(20)21-3)12-19-16(17-2)18-10-7-11-22-14-8-5-4-6-9-14/h4-6,8-9,13H,7,10-12H2,1-3H3,(H2,17,18,19). The lowest BCUT2D eigenvalue weighted by molar-refractivity contribution is -0.144. The van der Waals surface area contributed by atoms with E-state index >= 15 is 0 Å². The van der Waals surface area contributed by atoms with Crippen LogP contribution < -0.4 is 15.4 Å². The first kappa shape index (κ1) is 17.8. The lowest BCUT2D eigenvalue weighted by atomic mass is 10.2. The van der Waals surface area contributed by atoms with Gasteiger partial charge >= 0.3 is 5.97 Å². The number of carbonyl (C=O) groups excluding carboxylic acids is 1. The minimum absolute atomic E-state index is 0.218. The molecule has 1 aromatic rings. The highest BCUT2D eigenvalue weighted by molar-refractivity contribution is 5.80. The number of ether oxygens (including phenoxy) is 2. The van der Waals surface area contributed by atoms with Crippen molar-refractivity contribution in [3.8, 4) is 5.75 Å². The molecule has 0 aromatic heterocycles. The molecule has 6 heteroatoms. The Morgan fingerprint density at radius 3 is 2.64 bits per heavy atom. The Bertz CT molecular complexity index is 463. The lowest BCUT2D eigenvalue weighted by Gasteiger charge is -2.14. The van der Waals surface area contributed by atoms with Crippen molar-refractivity contribution in [2.75, 3.05) is 33.9 Å². The van der Waals surface area contributed by atoms with E-state index in [1.54, 1.807) is 14.0 Å². The molecule has 0 saturated heterocycles. The molecule has 0 aliphatic rings. The Morgan fingerprint density at radius 1 is 1.27 bits per heavy atom. The maximum absolute atomic E-state index is 11.3. The van der Waals surface area contributed by atoms with Crippen LogP contribution in [0.1, 0.15) is 13.3 Å². The zero-order chi connectivity index (χ0) is 16.2. The van der Waals surface area contributed by atoms with E-state index < -0.39 is 0 Å². The molecule has 0 heterocycles. The van der Waals surface area contributed by atoms with Crippen molar-refractivity contribution in [2.45, 2.75) is 13.3 Å². The van der Waals surface area contributed by atoms with Gasteiger partial charge in [0.05, 0.1) is 19.6 Å². The number of guanidine groups is 1. The van der Waals surface area contributed by atoms with Gasteiger partial charge in [0.1, 0.15) is 5.75 Å². The van der Waals surface area contributed by atoms with Gasteiger partial charge in [-0.25, -0.2) is 0 Å². The first-order valence-electron chi connectivity index (χ1n) is 7.37. The zero-order valence-corrected chi connectivity index (χ0v) is 13.5. The van der Waals surface area contributed by atoms with Crippen LogP contribution in [-0.4, -0.2) is 45.8 Å². The van der Waals surface area contributed by atoms with E-state index in [-0.39, 0.29) is 11.9 Å². The SMILES string of the molecule is CN=C(NCCCOc1ccccc1)NCC(C)C(=O)OC. The van der Waals surface area contributed by atoms with Crippen LogP contribution in [-0.2, 0) is 9.53 Å². The van der Waals surface area contributed by atoms with Crippen LogP contribution in [0.5, 0.6) is 5.75 Å². The van der Waals surface area contributed by atoms with Crippen molar-refractivity contribution in [3.05, 3.63) is 30.3 Å². The number of benzene rings is 1. The number of nitrogens with one attached hydrogen (secondary N) is 2. The summed E-state index contributed by atoms with van der Waals surface area (Å²) >= 11 is 0. The predicted octanol–water partition coefficient (Wildman–Crippen LogP) is 1.43. The number of aliphatic imine (C=N–C) groups is 1. The van der Waals surface area contributed by atoms with Gasteiger partial charge in [0.2, 0.25) is 0 Å². The number of para-hydroxylation sites is 1. The number of carbonyl (C=O) groups is 1. The summed E-state index contributed by atoms with van der Waals surface area (Å²) in [6, 6.07) is 9.72. The molecule has 0 radical (unpaired) electrons. The summed E-state index contributed by atoms with van der Waals surface area (Å²) in [5.74, 6) is 1.08.